The van der Waals surface area contributed by atoms with E-state index in [1.165, 1.54) is 18.4 Å². The van der Waals surface area contributed by atoms with Crippen molar-refractivity contribution in [3.8, 4) is 11.5 Å². The molecular formula is C13H16ClNO2. The molecule has 0 bridgehead atoms. The second-order valence-corrected chi connectivity index (χ2v) is 5.08. The Morgan fingerprint density at radius 3 is 2.76 bits per heavy atom. The Labute approximate surface area is 106 Å². The summed E-state index contributed by atoms with van der Waals surface area (Å²) in [7, 11) is 0. The second-order valence-electron chi connectivity index (χ2n) is 4.67. The lowest BCUT2D eigenvalue weighted by molar-refractivity contribution is 0.173. The number of fused-ring (bicyclic) bond motifs is 1. The van der Waals surface area contributed by atoms with Crippen molar-refractivity contribution in [3.63, 3.8) is 0 Å². The van der Waals surface area contributed by atoms with E-state index in [-0.39, 0.29) is 6.79 Å². The van der Waals surface area contributed by atoms with Gasteiger partial charge < -0.3 is 14.8 Å². The van der Waals surface area contributed by atoms with Gasteiger partial charge in [-0.1, -0.05) is 17.7 Å². The standard InChI is InChI=1S/C13H16ClNO2/c14-11-2-1-10(12-13(11)17-8-16-12)7-9-3-5-15-6-4-9/h1-2,9,15H,3-8H2. The number of ether oxygens (including phenoxy) is 2. The van der Waals surface area contributed by atoms with Gasteiger partial charge >= 0.3 is 0 Å². The Balaban J connectivity index is 1.81. The van der Waals surface area contributed by atoms with Gasteiger partial charge in [0.1, 0.15) is 0 Å². The molecule has 2 heterocycles. The van der Waals surface area contributed by atoms with Crippen LogP contribution in [0.1, 0.15) is 18.4 Å². The van der Waals surface area contributed by atoms with Gasteiger partial charge in [0.05, 0.1) is 5.02 Å². The molecule has 1 fully saturated rings. The predicted molar refractivity (Wildman–Crippen MR) is 66.9 cm³/mol. The first kappa shape index (κ1) is 11.2. The molecule has 0 aromatic heterocycles. The molecule has 1 aromatic rings. The van der Waals surface area contributed by atoms with Crippen molar-refractivity contribution >= 4 is 11.6 Å². The minimum Gasteiger partial charge on any atom is -0.453 e. The molecule has 3 nitrogen and oxygen atoms in total. The van der Waals surface area contributed by atoms with Crippen molar-refractivity contribution in [3.05, 3.63) is 22.7 Å². The van der Waals surface area contributed by atoms with Crippen molar-refractivity contribution in [1.82, 2.24) is 5.32 Å². The summed E-state index contributed by atoms with van der Waals surface area (Å²) in [5.74, 6) is 2.32. The topological polar surface area (TPSA) is 30.5 Å². The maximum absolute atomic E-state index is 6.07. The normalized spacial score (nSPS) is 19.6. The van der Waals surface area contributed by atoms with Crippen LogP contribution in [-0.2, 0) is 6.42 Å². The van der Waals surface area contributed by atoms with Gasteiger partial charge in [-0.25, -0.2) is 0 Å². The van der Waals surface area contributed by atoms with Gasteiger partial charge in [0.2, 0.25) is 6.79 Å². The number of halogens is 1. The highest BCUT2D eigenvalue weighted by atomic mass is 35.5. The van der Waals surface area contributed by atoms with Crippen molar-refractivity contribution < 1.29 is 9.47 Å². The molecule has 0 amide bonds. The van der Waals surface area contributed by atoms with Gasteiger partial charge in [0.25, 0.3) is 0 Å². The number of hydrogen-bond acceptors (Lipinski definition) is 3. The molecule has 4 heteroatoms. The average Bonchev–Trinajstić information content (AvgIpc) is 2.84. The molecule has 0 saturated carbocycles. The molecule has 92 valence electrons. The lowest BCUT2D eigenvalue weighted by atomic mass is 9.90. The molecule has 3 rings (SSSR count). The second kappa shape index (κ2) is 4.75. The third kappa shape index (κ3) is 2.22. The van der Waals surface area contributed by atoms with E-state index in [4.69, 9.17) is 21.1 Å². The molecule has 1 aromatic carbocycles. The highest BCUT2D eigenvalue weighted by Gasteiger charge is 2.23. The van der Waals surface area contributed by atoms with Crippen LogP contribution in [0.25, 0.3) is 0 Å². The van der Waals surface area contributed by atoms with Crippen LogP contribution >= 0.6 is 11.6 Å². The fourth-order valence-corrected chi connectivity index (χ4v) is 2.78. The maximum Gasteiger partial charge on any atom is 0.231 e. The maximum atomic E-state index is 6.07. The molecule has 17 heavy (non-hydrogen) atoms. The van der Waals surface area contributed by atoms with Crippen LogP contribution in [0.15, 0.2) is 12.1 Å². The number of nitrogens with one attached hydrogen (secondary N) is 1. The number of rotatable bonds is 2. The van der Waals surface area contributed by atoms with Crippen LogP contribution in [0.4, 0.5) is 0 Å². The first-order chi connectivity index (χ1) is 8.34. The minimum atomic E-state index is 0.290. The van der Waals surface area contributed by atoms with E-state index in [1.807, 2.05) is 6.07 Å². The molecule has 0 atom stereocenters. The van der Waals surface area contributed by atoms with Gasteiger partial charge in [-0.15, -0.1) is 0 Å². The van der Waals surface area contributed by atoms with E-state index in [0.29, 0.717) is 5.02 Å². The highest BCUT2D eigenvalue weighted by Crippen LogP contribution is 2.42. The molecule has 2 aliphatic rings. The molecule has 1 saturated heterocycles. The van der Waals surface area contributed by atoms with E-state index >= 15 is 0 Å². The molecule has 0 spiro atoms. The molecule has 0 unspecified atom stereocenters. The van der Waals surface area contributed by atoms with Crippen LogP contribution in [0.2, 0.25) is 5.02 Å². The Morgan fingerprint density at radius 1 is 1.18 bits per heavy atom. The fourth-order valence-electron chi connectivity index (χ4n) is 2.58. The van der Waals surface area contributed by atoms with E-state index < -0.39 is 0 Å². The summed E-state index contributed by atoms with van der Waals surface area (Å²) in [5, 5.41) is 4.03. The van der Waals surface area contributed by atoms with E-state index in [0.717, 1.165) is 36.9 Å². The van der Waals surface area contributed by atoms with E-state index in [2.05, 4.69) is 11.4 Å². The van der Waals surface area contributed by atoms with Gasteiger partial charge in [0, 0.05) is 0 Å². The Bertz CT molecular complexity index is 416. The summed E-state index contributed by atoms with van der Waals surface area (Å²) in [5.41, 5.74) is 1.23. The van der Waals surface area contributed by atoms with Crippen LogP contribution in [0.3, 0.4) is 0 Å². The smallest absolute Gasteiger partial charge is 0.231 e. The van der Waals surface area contributed by atoms with Crippen molar-refractivity contribution in [2.75, 3.05) is 19.9 Å². The first-order valence-corrected chi connectivity index (χ1v) is 6.50. The summed E-state index contributed by atoms with van der Waals surface area (Å²) >= 11 is 6.07. The zero-order valence-corrected chi connectivity index (χ0v) is 10.4. The van der Waals surface area contributed by atoms with Crippen molar-refractivity contribution in [2.24, 2.45) is 5.92 Å². The molecule has 0 aliphatic carbocycles. The average molecular weight is 254 g/mol. The monoisotopic (exact) mass is 253 g/mol. The lowest BCUT2D eigenvalue weighted by Gasteiger charge is -2.23. The van der Waals surface area contributed by atoms with Crippen LogP contribution in [0.5, 0.6) is 11.5 Å². The molecule has 0 radical (unpaired) electrons. The van der Waals surface area contributed by atoms with Gasteiger partial charge in [-0.05, 0) is 49.9 Å². The third-order valence-electron chi connectivity index (χ3n) is 3.52. The van der Waals surface area contributed by atoms with Crippen LogP contribution in [-0.4, -0.2) is 19.9 Å². The number of benzene rings is 1. The fraction of sp³-hybridized carbons (Fsp3) is 0.538. The van der Waals surface area contributed by atoms with Crippen LogP contribution in [0, 0.1) is 5.92 Å². The Kier molecular flexibility index (Phi) is 3.12. The Hall–Kier alpha value is -0.930. The van der Waals surface area contributed by atoms with Gasteiger partial charge in [-0.2, -0.15) is 0 Å². The summed E-state index contributed by atoms with van der Waals surface area (Å²) in [6, 6.07) is 3.98. The quantitative estimate of drug-likeness (QED) is 0.879. The van der Waals surface area contributed by atoms with Gasteiger partial charge in [0.15, 0.2) is 11.5 Å². The first-order valence-electron chi connectivity index (χ1n) is 6.12. The van der Waals surface area contributed by atoms with Crippen molar-refractivity contribution in [1.29, 1.82) is 0 Å². The van der Waals surface area contributed by atoms with E-state index in [9.17, 15) is 0 Å². The summed E-state index contributed by atoms with van der Waals surface area (Å²) in [4.78, 5) is 0. The number of hydrogen-bond donors (Lipinski definition) is 1. The SMILES string of the molecule is Clc1ccc(CC2CCNCC2)c2c1OCO2. The van der Waals surface area contributed by atoms with Gasteiger partial charge in [-0.3, -0.25) is 0 Å². The molecule has 2 aliphatic heterocycles. The van der Waals surface area contributed by atoms with E-state index in [1.54, 1.807) is 0 Å². The molecule has 1 N–H and O–H groups in total. The molecular weight excluding hydrogens is 238 g/mol. The largest absolute Gasteiger partial charge is 0.453 e. The highest BCUT2D eigenvalue weighted by molar-refractivity contribution is 6.32. The zero-order valence-electron chi connectivity index (χ0n) is 9.67. The summed E-state index contributed by atoms with van der Waals surface area (Å²) < 4.78 is 10.9. The Morgan fingerprint density at radius 2 is 1.94 bits per heavy atom. The minimum absolute atomic E-state index is 0.290. The third-order valence-corrected chi connectivity index (χ3v) is 3.82. The summed E-state index contributed by atoms with van der Waals surface area (Å²) in [6.07, 6.45) is 3.53. The summed E-state index contributed by atoms with van der Waals surface area (Å²) in [6.45, 7) is 2.54. The van der Waals surface area contributed by atoms with Crippen LogP contribution < -0.4 is 14.8 Å². The lowest BCUT2D eigenvalue weighted by Crippen LogP contribution is -2.28. The van der Waals surface area contributed by atoms with Crippen molar-refractivity contribution in [2.45, 2.75) is 19.3 Å². The predicted octanol–water partition coefficient (Wildman–Crippen LogP) is 2.61. The number of piperidine rings is 1. The zero-order chi connectivity index (χ0) is 11.7.